The lowest BCUT2D eigenvalue weighted by Crippen LogP contribution is -2.22. The molecule has 2 heterocycles. The van der Waals surface area contributed by atoms with Gasteiger partial charge < -0.3 is 10.6 Å². The van der Waals surface area contributed by atoms with Crippen LogP contribution in [-0.4, -0.2) is 38.8 Å². The summed E-state index contributed by atoms with van der Waals surface area (Å²) < 4.78 is 14.6. The van der Waals surface area contributed by atoms with Crippen LogP contribution in [0, 0.1) is 5.95 Å². The molecule has 0 atom stereocenters. The lowest BCUT2D eigenvalue weighted by Gasteiger charge is -2.07. The van der Waals surface area contributed by atoms with Crippen molar-refractivity contribution in [3.63, 3.8) is 0 Å². The van der Waals surface area contributed by atoms with E-state index in [9.17, 15) is 14.0 Å². The number of nitrogens with one attached hydrogen (secondary N) is 2. The van der Waals surface area contributed by atoms with Crippen molar-refractivity contribution in [2.75, 3.05) is 12.4 Å². The summed E-state index contributed by atoms with van der Waals surface area (Å²) in [6.07, 6.45) is 1.79. The first-order valence-corrected chi connectivity index (χ1v) is 6.55. The minimum absolute atomic E-state index is 0.137. The molecule has 0 spiro atoms. The summed E-state index contributed by atoms with van der Waals surface area (Å²) in [7, 11) is 3.00. The standard InChI is InChI=1S/C13H15FN6O2/c1-4-7-5-9(17-18-10(7)13(22)15-2)16-12(21)8-6-20(3)19-11(8)14/h5-6H,4H2,1-3H3,(H,15,22)(H,16,17,21). The van der Waals surface area contributed by atoms with E-state index >= 15 is 0 Å². The molecule has 0 aliphatic heterocycles. The van der Waals surface area contributed by atoms with Crippen LogP contribution in [0.1, 0.15) is 33.3 Å². The molecule has 0 unspecified atom stereocenters. The topological polar surface area (TPSA) is 102 Å². The number of amides is 2. The number of hydrogen-bond acceptors (Lipinski definition) is 5. The number of aryl methyl sites for hydroxylation is 2. The van der Waals surface area contributed by atoms with E-state index in [0.29, 0.717) is 12.0 Å². The van der Waals surface area contributed by atoms with E-state index in [1.807, 2.05) is 6.92 Å². The Bertz CT molecular complexity index is 727. The number of rotatable bonds is 4. The monoisotopic (exact) mass is 306 g/mol. The average molecular weight is 306 g/mol. The van der Waals surface area contributed by atoms with Gasteiger partial charge in [0.2, 0.25) is 5.95 Å². The molecule has 116 valence electrons. The molecule has 0 saturated heterocycles. The summed E-state index contributed by atoms with van der Waals surface area (Å²) in [5.41, 5.74) is 0.615. The fourth-order valence-corrected chi connectivity index (χ4v) is 1.87. The Morgan fingerprint density at radius 3 is 2.59 bits per heavy atom. The van der Waals surface area contributed by atoms with E-state index in [-0.39, 0.29) is 23.0 Å². The third-order valence-electron chi connectivity index (χ3n) is 2.97. The smallest absolute Gasteiger partial charge is 0.271 e. The Balaban J connectivity index is 2.25. The Hall–Kier alpha value is -2.84. The number of anilines is 1. The van der Waals surface area contributed by atoms with Gasteiger partial charge in [0.15, 0.2) is 11.5 Å². The Morgan fingerprint density at radius 2 is 2.05 bits per heavy atom. The molecule has 2 rings (SSSR count). The number of carbonyl (C=O) groups is 2. The van der Waals surface area contributed by atoms with Crippen molar-refractivity contribution in [3.05, 3.63) is 35.0 Å². The molecule has 22 heavy (non-hydrogen) atoms. The van der Waals surface area contributed by atoms with Gasteiger partial charge in [0.25, 0.3) is 11.8 Å². The molecule has 0 fully saturated rings. The Labute approximate surface area is 125 Å². The molecule has 2 aromatic rings. The fraction of sp³-hybridized carbons (Fsp3) is 0.308. The minimum atomic E-state index is -0.870. The number of halogens is 1. The van der Waals surface area contributed by atoms with Crippen LogP contribution in [0.5, 0.6) is 0 Å². The zero-order valence-corrected chi connectivity index (χ0v) is 12.3. The van der Waals surface area contributed by atoms with Gasteiger partial charge in [-0.05, 0) is 18.1 Å². The lowest BCUT2D eigenvalue weighted by molar-refractivity contribution is 0.0955. The van der Waals surface area contributed by atoms with E-state index in [0.717, 1.165) is 0 Å². The van der Waals surface area contributed by atoms with Crippen LogP contribution in [0.4, 0.5) is 10.2 Å². The van der Waals surface area contributed by atoms with Gasteiger partial charge in [-0.1, -0.05) is 6.92 Å². The molecule has 0 radical (unpaired) electrons. The van der Waals surface area contributed by atoms with E-state index in [4.69, 9.17) is 0 Å². The van der Waals surface area contributed by atoms with Crippen LogP contribution in [0.2, 0.25) is 0 Å². The van der Waals surface area contributed by atoms with Crippen molar-refractivity contribution in [3.8, 4) is 0 Å². The summed E-state index contributed by atoms with van der Waals surface area (Å²) >= 11 is 0. The molecule has 8 nitrogen and oxygen atoms in total. The SMILES string of the molecule is CCc1cc(NC(=O)c2cn(C)nc2F)nnc1C(=O)NC. The minimum Gasteiger partial charge on any atom is -0.354 e. The zero-order valence-electron chi connectivity index (χ0n) is 12.3. The summed E-state index contributed by atoms with van der Waals surface area (Å²) in [4.78, 5) is 23.6. The fourth-order valence-electron chi connectivity index (χ4n) is 1.87. The van der Waals surface area contributed by atoms with Crippen molar-refractivity contribution in [1.82, 2.24) is 25.3 Å². The molecule has 2 aromatic heterocycles. The highest BCUT2D eigenvalue weighted by Crippen LogP contribution is 2.13. The quantitative estimate of drug-likeness (QED) is 0.857. The maximum absolute atomic E-state index is 13.4. The van der Waals surface area contributed by atoms with Crippen molar-refractivity contribution in [1.29, 1.82) is 0 Å². The van der Waals surface area contributed by atoms with E-state index in [2.05, 4.69) is 25.9 Å². The highest BCUT2D eigenvalue weighted by atomic mass is 19.1. The maximum Gasteiger partial charge on any atom is 0.271 e. The molecule has 0 saturated carbocycles. The first-order valence-electron chi connectivity index (χ1n) is 6.55. The van der Waals surface area contributed by atoms with E-state index < -0.39 is 11.9 Å². The number of hydrogen-bond donors (Lipinski definition) is 2. The highest BCUT2D eigenvalue weighted by Gasteiger charge is 2.18. The first-order chi connectivity index (χ1) is 10.5. The normalized spacial score (nSPS) is 10.4. The van der Waals surface area contributed by atoms with Crippen LogP contribution in [0.25, 0.3) is 0 Å². The summed E-state index contributed by atoms with van der Waals surface area (Å²) in [6, 6.07) is 1.53. The van der Waals surface area contributed by atoms with Crippen molar-refractivity contribution in [2.24, 2.45) is 7.05 Å². The van der Waals surface area contributed by atoms with Gasteiger partial charge in [0, 0.05) is 20.3 Å². The van der Waals surface area contributed by atoms with Crippen LogP contribution < -0.4 is 10.6 Å². The van der Waals surface area contributed by atoms with Crippen molar-refractivity contribution < 1.29 is 14.0 Å². The highest BCUT2D eigenvalue weighted by molar-refractivity contribution is 6.03. The first kappa shape index (κ1) is 15.5. The Kier molecular flexibility index (Phi) is 4.44. The van der Waals surface area contributed by atoms with Crippen molar-refractivity contribution in [2.45, 2.75) is 13.3 Å². The largest absolute Gasteiger partial charge is 0.354 e. The molecular formula is C13H15FN6O2. The van der Waals surface area contributed by atoms with Gasteiger partial charge >= 0.3 is 0 Å². The van der Waals surface area contributed by atoms with Gasteiger partial charge in [-0.25, -0.2) is 0 Å². The maximum atomic E-state index is 13.4. The van der Waals surface area contributed by atoms with Gasteiger partial charge in [-0.15, -0.1) is 15.3 Å². The van der Waals surface area contributed by atoms with Crippen LogP contribution in [0.3, 0.4) is 0 Å². The molecule has 0 aromatic carbocycles. The predicted molar refractivity (Wildman–Crippen MR) is 75.9 cm³/mol. The number of carbonyl (C=O) groups excluding carboxylic acids is 2. The molecule has 2 amide bonds. The van der Waals surface area contributed by atoms with Gasteiger partial charge in [-0.3, -0.25) is 14.3 Å². The zero-order chi connectivity index (χ0) is 16.3. The second kappa shape index (κ2) is 6.29. The van der Waals surface area contributed by atoms with Gasteiger partial charge in [0.1, 0.15) is 5.56 Å². The van der Waals surface area contributed by atoms with E-state index in [1.54, 1.807) is 0 Å². The van der Waals surface area contributed by atoms with Gasteiger partial charge in [0.05, 0.1) is 0 Å². The number of aromatic nitrogens is 4. The molecule has 9 heteroatoms. The predicted octanol–water partition coefficient (Wildman–Crippen LogP) is 0.523. The summed E-state index contributed by atoms with van der Waals surface area (Å²) in [5.74, 6) is -1.78. The second-order valence-corrected chi connectivity index (χ2v) is 4.50. The molecular weight excluding hydrogens is 291 g/mol. The molecule has 0 aliphatic rings. The second-order valence-electron chi connectivity index (χ2n) is 4.50. The van der Waals surface area contributed by atoms with Crippen molar-refractivity contribution >= 4 is 17.6 Å². The lowest BCUT2D eigenvalue weighted by atomic mass is 10.1. The average Bonchev–Trinajstić information content (AvgIpc) is 2.85. The Morgan fingerprint density at radius 1 is 1.32 bits per heavy atom. The third kappa shape index (κ3) is 3.08. The summed E-state index contributed by atoms with van der Waals surface area (Å²) in [5, 5.41) is 15.9. The molecule has 0 bridgehead atoms. The summed E-state index contributed by atoms with van der Waals surface area (Å²) in [6.45, 7) is 1.84. The third-order valence-corrected chi connectivity index (χ3v) is 2.97. The molecule has 2 N–H and O–H groups in total. The van der Waals surface area contributed by atoms with E-state index in [1.165, 1.54) is 31.0 Å². The number of nitrogens with zero attached hydrogens (tertiary/aromatic N) is 4. The molecule has 0 aliphatic carbocycles. The van der Waals surface area contributed by atoms with Crippen LogP contribution in [-0.2, 0) is 13.5 Å². The van der Waals surface area contributed by atoms with Gasteiger partial charge in [-0.2, -0.15) is 4.39 Å². The van der Waals surface area contributed by atoms with Crippen LogP contribution >= 0.6 is 0 Å². The van der Waals surface area contributed by atoms with Crippen LogP contribution in [0.15, 0.2) is 12.3 Å².